The van der Waals surface area contributed by atoms with Gasteiger partial charge in [-0.1, -0.05) is 23.2 Å². The fraction of sp³-hybridized carbons (Fsp3) is 0.267. The zero-order chi connectivity index (χ0) is 15.4. The molecule has 21 heavy (non-hydrogen) atoms. The van der Waals surface area contributed by atoms with E-state index in [4.69, 9.17) is 32.7 Å². The van der Waals surface area contributed by atoms with Gasteiger partial charge < -0.3 is 14.8 Å². The van der Waals surface area contributed by atoms with E-state index in [9.17, 15) is 0 Å². The Balaban J connectivity index is 2.20. The van der Waals surface area contributed by atoms with Crippen molar-refractivity contribution in [1.29, 1.82) is 0 Å². The van der Waals surface area contributed by atoms with Crippen LogP contribution in [0.15, 0.2) is 24.4 Å². The monoisotopic (exact) mass is 326 g/mol. The largest absolute Gasteiger partial charge is 0.493 e. The van der Waals surface area contributed by atoms with Gasteiger partial charge in [0.2, 0.25) is 0 Å². The van der Waals surface area contributed by atoms with Crippen molar-refractivity contribution in [3.8, 4) is 11.5 Å². The zero-order valence-electron chi connectivity index (χ0n) is 12.0. The van der Waals surface area contributed by atoms with E-state index >= 15 is 0 Å². The van der Waals surface area contributed by atoms with E-state index in [1.165, 1.54) is 0 Å². The third-order valence-electron chi connectivity index (χ3n) is 2.95. The number of rotatable bonds is 5. The summed E-state index contributed by atoms with van der Waals surface area (Å²) in [6.45, 7) is 2.51. The molecule has 2 rings (SSSR count). The summed E-state index contributed by atoms with van der Waals surface area (Å²) in [7, 11) is 3.13. The van der Waals surface area contributed by atoms with Gasteiger partial charge in [0, 0.05) is 12.7 Å². The van der Waals surface area contributed by atoms with Gasteiger partial charge in [-0.2, -0.15) is 0 Å². The van der Waals surface area contributed by atoms with Crippen LogP contribution in [0.1, 0.15) is 11.1 Å². The summed E-state index contributed by atoms with van der Waals surface area (Å²) >= 11 is 12.2. The van der Waals surface area contributed by atoms with Gasteiger partial charge in [-0.05, 0) is 36.2 Å². The van der Waals surface area contributed by atoms with Crippen LogP contribution in [0, 0.1) is 6.92 Å². The van der Waals surface area contributed by atoms with E-state index in [0.717, 1.165) is 16.8 Å². The van der Waals surface area contributed by atoms with Gasteiger partial charge in [-0.3, -0.25) is 0 Å². The smallest absolute Gasteiger partial charge is 0.179 e. The number of methoxy groups -OCH3 is 2. The highest BCUT2D eigenvalue weighted by Crippen LogP contribution is 2.36. The number of anilines is 1. The van der Waals surface area contributed by atoms with Gasteiger partial charge in [0.15, 0.2) is 16.7 Å². The molecular weight excluding hydrogens is 311 g/mol. The number of aryl methyl sites for hydroxylation is 1. The molecule has 0 aliphatic carbocycles. The predicted octanol–water partition coefficient (Wildman–Crippen LogP) is 4.33. The van der Waals surface area contributed by atoms with Crippen LogP contribution in [0.4, 0.5) is 5.69 Å². The van der Waals surface area contributed by atoms with Crippen molar-refractivity contribution in [2.75, 3.05) is 19.5 Å². The summed E-state index contributed by atoms with van der Waals surface area (Å²) in [5.41, 5.74) is 2.77. The third-order valence-corrected chi connectivity index (χ3v) is 3.53. The van der Waals surface area contributed by atoms with Crippen molar-refractivity contribution in [3.63, 3.8) is 0 Å². The quantitative estimate of drug-likeness (QED) is 0.830. The molecule has 112 valence electrons. The molecule has 0 unspecified atom stereocenters. The van der Waals surface area contributed by atoms with E-state index < -0.39 is 0 Å². The molecule has 0 atom stereocenters. The van der Waals surface area contributed by atoms with Gasteiger partial charge in [0.25, 0.3) is 0 Å². The number of hydrogen-bond acceptors (Lipinski definition) is 4. The van der Waals surface area contributed by atoms with Crippen molar-refractivity contribution in [2.45, 2.75) is 13.5 Å². The second-order valence-corrected chi connectivity index (χ2v) is 5.28. The molecule has 0 radical (unpaired) electrons. The van der Waals surface area contributed by atoms with Crippen LogP contribution in [-0.4, -0.2) is 19.2 Å². The molecule has 1 N–H and O–H groups in total. The third kappa shape index (κ3) is 3.71. The zero-order valence-corrected chi connectivity index (χ0v) is 13.5. The van der Waals surface area contributed by atoms with Gasteiger partial charge >= 0.3 is 0 Å². The predicted molar refractivity (Wildman–Crippen MR) is 85.9 cm³/mol. The molecule has 0 bridgehead atoms. The lowest BCUT2D eigenvalue weighted by atomic mass is 10.2. The molecule has 0 spiro atoms. The van der Waals surface area contributed by atoms with Crippen LogP contribution in [-0.2, 0) is 6.54 Å². The molecule has 2 aromatic rings. The standard InChI is InChI=1S/C15H16Cl2N2O2/c1-9-4-12(15(17)19-7-9)18-8-10-5-11(16)14(21-3)13(6-10)20-2/h4-7,18H,8H2,1-3H3. The van der Waals surface area contributed by atoms with Crippen LogP contribution in [0.3, 0.4) is 0 Å². The lowest BCUT2D eigenvalue weighted by Crippen LogP contribution is -2.02. The molecule has 6 heteroatoms. The first-order valence-corrected chi connectivity index (χ1v) is 7.07. The van der Waals surface area contributed by atoms with E-state index in [-0.39, 0.29) is 0 Å². The van der Waals surface area contributed by atoms with Crippen molar-refractivity contribution in [1.82, 2.24) is 4.98 Å². The Morgan fingerprint density at radius 2 is 1.90 bits per heavy atom. The number of pyridine rings is 1. The van der Waals surface area contributed by atoms with Gasteiger partial charge in [0.1, 0.15) is 0 Å². The maximum atomic E-state index is 6.18. The summed E-state index contributed by atoms with van der Waals surface area (Å²) < 4.78 is 10.5. The Morgan fingerprint density at radius 3 is 2.57 bits per heavy atom. The summed E-state index contributed by atoms with van der Waals surface area (Å²) in [5, 5.41) is 4.18. The molecule has 4 nitrogen and oxygen atoms in total. The van der Waals surface area contributed by atoms with Gasteiger partial charge in [-0.15, -0.1) is 0 Å². The maximum Gasteiger partial charge on any atom is 0.179 e. The number of aromatic nitrogens is 1. The SMILES string of the molecule is COc1cc(CNc2cc(C)cnc2Cl)cc(Cl)c1OC. The Labute approximate surface area is 134 Å². The topological polar surface area (TPSA) is 43.4 Å². The summed E-state index contributed by atoms with van der Waals surface area (Å²) in [6, 6.07) is 5.64. The second kappa shape index (κ2) is 6.87. The number of hydrogen-bond donors (Lipinski definition) is 1. The van der Waals surface area contributed by atoms with Crippen molar-refractivity contribution >= 4 is 28.9 Å². The minimum Gasteiger partial charge on any atom is -0.493 e. The number of halogens is 2. The van der Waals surface area contributed by atoms with Crippen LogP contribution < -0.4 is 14.8 Å². The highest BCUT2D eigenvalue weighted by atomic mass is 35.5. The fourth-order valence-electron chi connectivity index (χ4n) is 1.95. The first-order valence-electron chi connectivity index (χ1n) is 6.31. The number of benzene rings is 1. The number of ether oxygens (including phenoxy) is 2. The molecule has 0 saturated heterocycles. The Bertz CT molecular complexity index is 648. The molecule has 0 saturated carbocycles. The minimum absolute atomic E-state index is 0.437. The van der Waals surface area contributed by atoms with Crippen LogP contribution >= 0.6 is 23.2 Å². The lowest BCUT2D eigenvalue weighted by Gasteiger charge is -2.13. The fourth-order valence-corrected chi connectivity index (χ4v) is 2.43. The average Bonchev–Trinajstić information content (AvgIpc) is 2.47. The highest BCUT2D eigenvalue weighted by molar-refractivity contribution is 6.32. The molecular formula is C15H16Cl2N2O2. The number of nitrogens with zero attached hydrogens (tertiary/aromatic N) is 1. The minimum atomic E-state index is 0.437. The molecule has 0 aliphatic rings. The molecule has 1 heterocycles. The van der Waals surface area contributed by atoms with E-state index in [2.05, 4.69) is 10.3 Å². The van der Waals surface area contributed by atoms with Crippen LogP contribution in [0.5, 0.6) is 11.5 Å². The van der Waals surface area contributed by atoms with Crippen LogP contribution in [0.2, 0.25) is 10.2 Å². The molecule has 0 amide bonds. The summed E-state index contributed by atoms with van der Waals surface area (Å²) in [5.74, 6) is 1.12. The van der Waals surface area contributed by atoms with E-state index in [1.54, 1.807) is 20.4 Å². The van der Waals surface area contributed by atoms with Crippen molar-refractivity contribution in [2.24, 2.45) is 0 Å². The Morgan fingerprint density at radius 1 is 1.14 bits per heavy atom. The molecule has 0 aliphatic heterocycles. The van der Waals surface area contributed by atoms with Gasteiger partial charge in [-0.25, -0.2) is 4.98 Å². The number of nitrogens with one attached hydrogen (secondary N) is 1. The molecule has 1 aromatic carbocycles. The normalized spacial score (nSPS) is 10.3. The average molecular weight is 327 g/mol. The van der Waals surface area contributed by atoms with Gasteiger partial charge in [0.05, 0.1) is 24.9 Å². The second-order valence-electron chi connectivity index (χ2n) is 4.52. The summed E-state index contributed by atoms with van der Waals surface area (Å²) in [6.07, 6.45) is 1.72. The van der Waals surface area contributed by atoms with Crippen molar-refractivity contribution in [3.05, 3.63) is 45.7 Å². The Hall–Kier alpha value is -1.65. The van der Waals surface area contributed by atoms with Crippen molar-refractivity contribution < 1.29 is 9.47 Å². The molecule has 1 aromatic heterocycles. The highest BCUT2D eigenvalue weighted by Gasteiger charge is 2.11. The molecule has 0 fully saturated rings. The lowest BCUT2D eigenvalue weighted by molar-refractivity contribution is 0.355. The van der Waals surface area contributed by atoms with Crippen LogP contribution in [0.25, 0.3) is 0 Å². The Kier molecular flexibility index (Phi) is 5.15. The first-order chi connectivity index (χ1) is 10.0. The first kappa shape index (κ1) is 15.7. The summed E-state index contributed by atoms with van der Waals surface area (Å²) in [4.78, 5) is 4.10. The van der Waals surface area contributed by atoms with E-state index in [1.807, 2.05) is 25.1 Å². The van der Waals surface area contributed by atoms with E-state index in [0.29, 0.717) is 28.2 Å². The maximum absolute atomic E-state index is 6.18.